The predicted octanol–water partition coefficient (Wildman–Crippen LogP) is 1.08. The average molecular weight is 214 g/mol. The molecule has 1 rings (SSSR count). The Bertz CT molecular complexity index is 184. The van der Waals surface area contributed by atoms with E-state index in [1.54, 1.807) is 0 Å². The fourth-order valence-corrected chi connectivity index (χ4v) is 2.24. The van der Waals surface area contributed by atoms with Gasteiger partial charge in [-0.05, 0) is 19.3 Å². The van der Waals surface area contributed by atoms with Gasteiger partial charge in [0.2, 0.25) is 0 Å². The minimum absolute atomic E-state index is 0.266. The molecule has 0 saturated carbocycles. The van der Waals surface area contributed by atoms with Crippen molar-refractivity contribution in [2.24, 2.45) is 5.92 Å². The van der Waals surface area contributed by atoms with Gasteiger partial charge in [0, 0.05) is 31.2 Å². The van der Waals surface area contributed by atoms with E-state index in [2.05, 4.69) is 37.9 Å². The third-order valence-electron chi connectivity index (χ3n) is 3.66. The van der Waals surface area contributed by atoms with Crippen LogP contribution in [0.25, 0.3) is 0 Å². The van der Waals surface area contributed by atoms with Crippen LogP contribution in [0.4, 0.5) is 0 Å². The maximum Gasteiger partial charge on any atom is 0.0599 e. The van der Waals surface area contributed by atoms with Crippen LogP contribution in [0.3, 0.4) is 0 Å². The summed E-state index contributed by atoms with van der Waals surface area (Å²) in [6.07, 6.45) is 1.15. The van der Waals surface area contributed by atoms with E-state index in [1.165, 1.54) is 0 Å². The molecule has 0 aromatic heterocycles. The molecule has 0 bridgehead atoms. The number of rotatable bonds is 4. The second-order valence-corrected chi connectivity index (χ2v) is 5.05. The Labute approximate surface area is 93.9 Å². The maximum atomic E-state index is 9.35. The van der Waals surface area contributed by atoms with Crippen molar-refractivity contribution in [1.29, 1.82) is 0 Å². The zero-order chi connectivity index (χ0) is 11.4. The van der Waals surface area contributed by atoms with Crippen molar-refractivity contribution in [2.75, 3.05) is 19.7 Å². The van der Waals surface area contributed by atoms with E-state index < -0.39 is 0 Å². The number of aliphatic hydroxyl groups excluding tert-OH is 1. The highest BCUT2D eigenvalue weighted by molar-refractivity contribution is 4.89. The van der Waals surface area contributed by atoms with Gasteiger partial charge < -0.3 is 10.4 Å². The van der Waals surface area contributed by atoms with Gasteiger partial charge in [-0.2, -0.15) is 0 Å². The maximum absolute atomic E-state index is 9.35. The quantitative estimate of drug-likeness (QED) is 0.735. The third-order valence-corrected chi connectivity index (χ3v) is 3.66. The summed E-state index contributed by atoms with van der Waals surface area (Å²) in [4.78, 5) is 2.46. The van der Waals surface area contributed by atoms with Crippen LogP contribution in [0.1, 0.15) is 34.1 Å². The summed E-state index contributed by atoms with van der Waals surface area (Å²) >= 11 is 0. The second kappa shape index (κ2) is 5.83. The summed E-state index contributed by atoms with van der Waals surface area (Å²) < 4.78 is 0. The third kappa shape index (κ3) is 3.16. The van der Waals surface area contributed by atoms with Crippen molar-refractivity contribution in [3.63, 3.8) is 0 Å². The van der Waals surface area contributed by atoms with E-state index in [0.29, 0.717) is 24.0 Å². The zero-order valence-corrected chi connectivity index (χ0v) is 10.5. The Morgan fingerprint density at radius 2 is 2.07 bits per heavy atom. The van der Waals surface area contributed by atoms with Gasteiger partial charge in [0.25, 0.3) is 0 Å². The molecule has 15 heavy (non-hydrogen) atoms. The van der Waals surface area contributed by atoms with Crippen LogP contribution in [0.2, 0.25) is 0 Å². The van der Waals surface area contributed by atoms with E-state index in [9.17, 15) is 5.11 Å². The van der Waals surface area contributed by atoms with Gasteiger partial charge in [0.1, 0.15) is 0 Å². The van der Waals surface area contributed by atoms with Crippen LogP contribution in [-0.4, -0.2) is 47.8 Å². The molecule has 0 radical (unpaired) electrons. The van der Waals surface area contributed by atoms with Crippen molar-refractivity contribution in [3.05, 3.63) is 0 Å². The molecule has 0 amide bonds. The van der Waals surface area contributed by atoms with Crippen molar-refractivity contribution >= 4 is 0 Å². The van der Waals surface area contributed by atoms with Gasteiger partial charge >= 0.3 is 0 Å². The molecule has 2 N–H and O–H groups in total. The van der Waals surface area contributed by atoms with Gasteiger partial charge in [-0.25, -0.2) is 0 Å². The van der Waals surface area contributed by atoms with E-state index >= 15 is 0 Å². The van der Waals surface area contributed by atoms with Gasteiger partial charge in [-0.1, -0.05) is 20.8 Å². The molecule has 1 aliphatic heterocycles. The molecule has 1 heterocycles. The fraction of sp³-hybridized carbons (Fsp3) is 1.00. The molecule has 0 aromatic carbocycles. The Kier molecular flexibility index (Phi) is 5.03. The molecule has 0 aliphatic carbocycles. The smallest absolute Gasteiger partial charge is 0.0599 e. The first-order chi connectivity index (χ1) is 7.10. The predicted molar refractivity (Wildman–Crippen MR) is 64.0 cm³/mol. The molecular weight excluding hydrogens is 188 g/mol. The summed E-state index contributed by atoms with van der Waals surface area (Å²) in [7, 11) is 0. The first kappa shape index (κ1) is 12.9. The number of hydrogen-bond acceptors (Lipinski definition) is 3. The van der Waals surface area contributed by atoms with Crippen LogP contribution in [0, 0.1) is 5.92 Å². The van der Waals surface area contributed by atoms with Crippen LogP contribution in [-0.2, 0) is 0 Å². The first-order valence-electron chi connectivity index (χ1n) is 6.20. The number of hydrogen-bond donors (Lipinski definition) is 2. The molecule has 90 valence electrons. The van der Waals surface area contributed by atoms with Gasteiger partial charge in [0.05, 0.1) is 6.61 Å². The first-order valence-corrected chi connectivity index (χ1v) is 6.20. The molecule has 3 atom stereocenters. The van der Waals surface area contributed by atoms with Crippen LogP contribution >= 0.6 is 0 Å². The lowest BCUT2D eigenvalue weighted by Crippen LogP contribution is -2.61. The van der Waals surface area contributed by atoms with E-state index in [1.807, 2.05) is 0 Å². The highest BCUT2D eigenvalue weighted by Gasteiger charge is 2.30. The van der Waals surface area contributed by atoms with Gasteiger partial charge in [0.15, 0.2) is 0 Å². The lowest BCUT2D eigenvalue weighted by atomic mass is 9.97. The number of nitrogens with zero attached hydrogens (tertiary/aromatic N) is 1. The Balaban J connectivity index is 2.60. The summed E-state index contributed by atoms with van der Waals surface area (Å²) in [5, 5.41) is 12.9. The molecule has 1 saturated heterocycles. The van der Waals surface area contributed by atoms with Crippen molar-refractivity contribution in [1.82, 2.24) is 10.2 Å². The van der Waals surface area contributed by atoms with E-state index in [0.717, 1.165) is 19.5 Å². The van der Waals surface area contributed by atoms with E-state index in [4.69, 9.17) is 0 Å². The van der Waals surface area contributed by atoms with Crippen molar-refractivity contribution in [3.8, 4) is 0 Å². The number of nitrogens with one attached hydrogen (secondary N) is 1. The summed E-state index contributed by atoms with van der Waals surface area (Å²) in [6, 6.07) is 1.45. The lowest BCUT2D eigenvalue weighted by Gasteiger charge is -2.44. The molecule has 3 nitrogen and oxygen atoms in total. The number of piperazine rings is 1. The normalized spacial score (nSPS) is 30.8. The summed E-state index contributed by atoms with van der Waals surface area (Å²) in [5.74, 6) is 0.663. The SMILES string of the molecule is CCC(C)N1CC(C(C)C)NCC1CO. The molecule has 0 aromatic rings. The monoisotopic (exact) mass is 214 g/mol. The molecule has 3 heteroatoms. The highest BCUT2D eigenvalue weighted by Crippen LogP contribution is 2.16. The fourth-order valence-electron chi connectivity index (χ4n) is 2.24. The minimum atomic E-state index is 0.266. The van der Waals surface area contributed by atoms with Crippen LogP contribution in [0.15, 0.2) is 0 Å². The number of aliphatic hydroxyl groups is 1. The minimum Gasteiger partial charge on any atom is -0.395 e. The molecule has 1 fully saturated rings. The van der Waals surface area contributed by atoms with E-state index in [-0.39, 0.29) is 6.61 Å². The highest BCUT2D eigenvalue weighted by atomic mass is 16.3. The Morgan fingerprint density at radius 3 is 2.53 bits per heavy atom. The van der Waals surface area contributed by atoms with Crippen LogP contribution in [0.5, 0.6) is 0 Å². The average Bonchev–Trinajstić information content (AvgIpc) is 2.27. The Hall–Kier alpha value is -0.120. The standard InChI is InChI=1S/C12H26N2O/c1-5-10(4)14-7-12(9(2)3)13-6-11(14)8-15/h9-13,15H,5-8H2,1-4H3. The largest absolute Gasteiger partial charge is 0.395 e. The van der Waals surface area contributed by atoms with Crippen molar-refractivity contribution < 1.29 is 5.11 Å². The Morgan fingerprint density at radius 1 is 1.40 bits per heavy atom. The van der Waals surface area contributed by atoms with Crippen molar-refractivity contribution in [2.45, 2.75) is 52.2 Å². The lowest BCUT2D eigenvalue weighted by molar-refractivity contribution is 0.0405. The second-order valence-electron chi connectivity index (χ2n) is 5.05. The molecule has 0 spiro atoms. The van der Waals surface area contributed by atoms with Gasteiger partial charge in [-0.15, -0.1) is 0 Å². The summed E-state index contributed by atoms with van der Waals surface area (Å²) in [6.45, 7) is 11.2. The topological polar surface area (TPSA) is 35.5 Å². The summed E-state index contributed by atoms with van der Waals surface area (Å²) in [5.41, 5.74) is 0. The molecule has 1 aliphatic rings. The van der Waals surface area contributed by atoms with Crippen LogP contribution < -0.4 is 5.32 Å². The molecular formula is C12H26N2O. The zero-order valence-electron chi connectivity index (χ0n) is 10.5. The molecule has 3 unspecified atom stereocenters. The van der Waals surface area contributed by atoms with Gasteiger partial charge in [-0.3, -0.25) is 4.90 Å².